The second-order valence-electron chi connectivity index (χ2n) is 12.7. The Morgan fingerprint density at radius 1 is 0.370 bits per heavy atom. The van der Waals surface area contributed by atoms with E-state index in [1.807, 2.05) is 52.0 Å². The second-order valence-corrected chi connectivity index (χ2v) is 12.7. The Bertz CT molecular complexity index is 2510. The van der Waals surface area contributed by atoms with Crippen LogP contribution in [0.4, 0.5) is 34.1 Å². The minimum atomic E-state index is 0.745. The molecule has 0 aliphatic heterocycles. The fourth-order valence-corrected chi connectivity index (χ4v) is 6.75. The molecule has 8 nitrogen and oxygen atoms in total. The van der Waals surface area contributed by atoms with Gasteiger partial charge >= 0.3 is 0 Å². The zero-order chi connectivity index (χ0) is 36.1. The maximum Gasteiger partial charge on any atom is 0.114 e. The summed E-state index contributed by atoms with van der Waals surface area (Å²) in [4.78, 5) is 4.47. The molecule has 0 fully saturated rings. The molecule has 8 heteroatoms. The molecular weight excluding hydrogens is 665 g/mol. The molecule has 0 amide bonds. The van der Waals surface area contributed by atoms with Crippen LogP contribution in [-0.2, 0) is 0 Å². The van der Waals surface area contributed by atoms with E-state index in [2.05, 4.69) is 188 Å². The van der Waals surface area contributed by atoms with Crippen LogP contribution in [-0.4, -0.2) is 30.0 Å². The highest BCUT2D eigenvalue weighted by atomic mass is 15.4. The first-order chi connectivity index (χ1) is 26.8. The summed E-state index contributed by atoms with van der Waals surface area (Å²) in [7, 11) is 0. The van der Waals surface area contributed by atoms with Gasteiger partial charge in [-0.05, 0) is 97.1 Å². The summed E-state index contributed by atoms with van der Waals surface area (Å²) in [6, 6.07) is 66.4. The predicted octanol–water partition coefficient (Wildman–Crippen LogP) is 11.1. The molecule has 0 aliphatic rings. The molecule has 0 N–H and O–H groups in total. The third kappa shape index (κ3) is 6.40. The van der Waals surface area contributed by atoms with E-state index >= 15 is 0 Å². The number of hydrogen-bond acceptors (Lipinski definition) is 6. The van der Waals surface area contributed by atoms with E-state index in [1.165, 1.54) is 0 Å². The Kier molecular flexibility index (Phi) is 8.73. The molecule has 0 spiro atoms. The van der Waals surface area contributed by atoms with Gasteiger partial charge in [-0.1, -0.05) is 107 Å². The van der Waals surface area contributed by atoms with Crippen LogP contribution in [0.3, 0.4) is 0 Å². The largest absolute Gasteiger partial charge is 0.311 e. The molecule has 54 heavy (non-hydrogen) atoms. The molecule has 0 bridgehead atoms. The lowest BCUT2D eigenvalue weighted by Gasteiger charge is -2.25. The lowest BCUT2D eigenvalue weighted by Crippen LogP contribution is -2.10. The van der Waals surface area contributed by atoms with Crippen LogP contribution in [0.15, 0.2) is 207 Å². The number of rotatable bonds is 10. The van der Waals surface area contributed by atoms with Crippen molar-refractivity contribution in [2.24, 2.45) is 0 Å². The van der Waals surface area contributed by atoms with Crippen molar-refractivity contribution in [1.82, 2.24) is 30.0 Å². The summed E-state index contributed by atoms with van der Waals surface area (Å²) in [5.41, 5.74) is 11.7. The molecule has 2 aromatic heterocycles. The Labute approximate surface area is 313 Å². The number of anilines is 6. The van der Waals surface area contributed by atoms with Crippen molar-refractivity contribution in [2.45, 2.75) is 0 Å². The molecule has 9 rings (SSSR count). The van der Waals surface area contributed by atoms with E-state index in [1.54, 1.807) is 6.20 Å². The van der Waals surface area contributed by atoms with Gasteiger partial charge in [-0.3, -0.25) is 0 Å². The Morgan fingerprint density at radius 2 is 0.778 bits per heavy atom. The van der Waals surface area contributed by atoms with Crippen molar-refractivity contribution in [2.75, 3.05) is 9.80 Å². The Balaban J connectivity index is 1.01. The fourth-order valence-electron chi connectivity index (χ4n) is 6.75. The lowest BCUT2D eigenvalue weighted by atomic mass is 10.0. The number of benzene rings is 7. The summed E-state index contributed by atoms with van der Waals surface area (Å²) < 4.78 is 3.68. The molecular formula is C46H34N8. The zero-order valence-corrected chi connectivity index (χ0v) is 29.2. The summed E-state index contributed by atoms with van der Waals surface area (Å²) in [5.74, 6) is 0. The van der Waals surface area contributed by atoms with Crippen molar-refractivity contribution in [3.05, 3.63) is 207 Å². The topological polar surface area (TPSA) is 67.9 Å². The van der Waals surface area contributed by atoms with Gasteiger partial charge in [0.25, 0.3) is 0 Å². The van der Waals surface area contributed by atoms with E-state index in [-0.39, 0.29) is 0 Å². The van der Waals surface area contributed by atoms with E-state index in [0.717, 1.165) is 68.0 Å². The van der Waals surface area contributed by atoms with Crippen molar-refractivity contribution >= 4 is 34.1 Å². The minimum absolute atomic E-state index is 0.745. The lowest BCUT2D eigenvalue weighted by molar-refractivity contribution is 0.803. The molecule has 0 saturated heterocycles. The number of hydrogen-bond donors (Lipinski definition) is 0. The maximum atomic E-state index is 4.62. The monoisotopic (exact) mass is 698 g/mol. The van der Waals surface area contributed by atoms with Crippen LogP contribution < -0.4 is 9.80 Å². The normalized spacial score (nSPS) is 11.0. The highest BCUT2D eigenvalue weighted by molar-refractivity contribution is 5.81. The summed E-state index contributed by atoms with van der Waals surface area (Å²) in [5, 5.41) is 18.0. The third-order valence-electron chi connectivity index (χ3n) is 9.30. The maximum absolute atomic E-state index is 4.62. The van der Waals surface area contributed by atoms with Crippen LogP contribution in [0, 0.1) is 0 Å². The molecule has 2 heterocycles. The SMILES string of the molecule is c1ccc(N(c2ccccc2)c2ccc(-n3cc(-c4ccccc4-c4cnnn4-c4ccc(N(c5ccccc5)c5ccccc5)cc4)nn3)cc2)cc1. The number of nitrogens with zero attached hydrogens (tertiary/aromatic N) is 8. The second kappa shape index (κ2) is 14.6. The fraction of sp³-hybridized carbons (Fsp3) is 0. The Hall–Kier alpha value is -7.58. The molecule has 0 saturated carbocycles. The van der Waals surface area contributed by atoms with Crippen molar-refractivity contribution in [3.8, 4) is 33.9 Å². The minimum Gasteiger partial charge on any atom is -0.311 e. The third-order valence-corrected chi connectivity index (χ3v) is 9.30. The molecule has 0 aliphatic carbocycles. The van der Waals surface area contributed by atoms with Gasteiger partial charge < -0.3 is 9.80 Å². The number of aromatic nitrogens is 6. The van der Waals surface area contributed by atoms with Crippen molar-refractivity contribution in [3.63, 3.8) is 0 Å². The van der Waals surface area contributed by atoms with Crippen molar-refractivity contribution in [1.29, 1.82) is 0 Å². The first kappa shape index (κ1) is 32.3. The van der Waals surface area contributed by atoms with Gasteiger partial charge in [0.05, 0.1) is 29.5 Å². The standard InChI is InChI=1S/C46H34N8/c1-5-15-36(16-6-1)52(37-17-7-2-8-18-37)40-27-25-35(26-28-40)51-34-45(48-50-51)43-23-13-14-24-44(43)46-33-47-49-54(46)42-31-29-41(30-32-42)53(38-19-9-3-10-20-38)39-21-11-4-12-22-39/h1-34H. The average Bonchev–Trinajstić information content (AvgIpc) is 3.95. The van der Waals surface area contributed by atoms with Gasteiger partial charge in [0, 0.05) is 45.3 Å². The Morgan fingerprint density at radius 3 is 1.26 bits per heavy atom. The molecule has 0 atom stereocenters. The van der Waals surface area contributed by atoms with Crippen LogP contribution in [0.1, 0.15) is 0 Å². The first-order valence-electron chi connectivity index (χ1n) is 17.7. The van der Waals surface area contributed by atoms with Gasteiger partial charge in [0.2, 0.25) is 0 Å². The highest BCUT2D eigenvalue weighted by Crippen LogP contribution is 2.37. The van der Waals surface area contributed by atoms with Crippen molar-refractivity contribution < 1.29 is 0 Å². The molecule has 258 valence electrons. The van der Waals surface area contributed by atoms with Crippen LogP contribution in [0.5, 0.6) is 0 Å². The average molecular weight is 699 g/mol. The van der Waals surface area contributed by atoms with Gasteiger partial charge in [-0.2, -0.15) is 0 Å². The first-order valence-corrected chi connectivity index (χ1v) is 17.7. The van der Waals surface area contributed by atoms with Crippen LogP contribution >= 0.6 is 0 Å². The van der Waals surface area contributed by atoms with E-state index < -0.39 is 0 Å². The van der Waals surface area contributed by atoms with Crippen LogP contribution in [0.2, 0.25) is 0 Å². The van der Waals surface area contributed by atoms with Gasteiger partial charge in [0.1, 0.15) is 5.69 Å². The molecule has 7 aromatic carbocycles. The molecule has 0 radical (unpaired) electrons. The van der Waals surface area contributed by atoms with E-state index in [4.69, 9.17) is 0 Å². The predicted molar refractivity (Wildman–Crippen MR) is 217 cm³/mol. The van der Waals surface area contributed by atoms with E-state index in [9.17, 15) is 0 Å². The molecule has 9 aromatic rings. The summed E-state index contributed by atoms with van der Waals surface area (Å²) in [6.07, 6.45) is 3.76. The zero-order valence-electron chi connectivity index (χ0n) is 29.2. The van der Waals surface area contributed by atoms with Crippen LogP contribution in [0.25, 0.3) is 33.9 Å². The number of para-hydroxylation sites is 4. The van der Waals surface area contributed by atoms with Gasteiger partial charge in [0.15, 0.2) is 0 Å². The highest BCUT2D eigenvalue weighted by Gasteiger charge is 2.18. The van der Waals surface area contributed by atoms with Gasteiger partial charge in [-0.15, -0.1) is 10.2 Å². The van der Waals surface area contributed by atoms with E-state index in [0.29, 0.717) is 0 Å². The smallest absolute Gasteiger partial charge is 0.114 e. The summed E-state index contributed by atoms with van der Waals surface area (Å²) >= 11 is 0. The molecule has 0 unspecified atom stereocenters. The quantitative estimate of drug-likeness (QED) is 0.142. The van der Waals surface area contributed by atoms with Gasteiger partial charge in [-0.25, -0.2) is 9.36 Å². The summed E-state index contributed by atoms with van der Waals surface area (Å²) in [6.45, 7) is 0.